The summed E-state index contributed by atoms with van der Waals surface area (Å²) < 4.78 is 0. The highest BCUT2D eigenvalue weighted by Gasteiger charge is 2.28. The molecule has 1 atom stereocenters. The van der Waals surface area contributed by atoms with Gasteiger partial charge in [-0.25, -0.2) is 0 Å². The fourth-order valence-electron chi connectivity index (χ4n) is 2.03. The Kier molecular flexibility index (Phi) is 3.64. The molecule has 0 bridgehead atoms. The van der Waals surface area contributed by atoms with Crippen LogP contribution in [0, 0.1) is 0 Å². The zero-order chi connectivity index (χ0) is 13.1. The summed E-state index contributed by atoms with van der Waals surface area (Å²) in [5.74, 6) is -0.403. The summed E-state index contributed by atoms with van der Waals surface area (Å²) in [6.45, 7) is 4.81. The van der Waals surface area contributed by atoms with Crippen LogP contribution in [-0.4, -0.2) is 35.8 Å². The summed E-state index contributed by atoms with van der Waals surface area (Å²) in [6.07, 6.45) is 0.663. The van der Waals surface area contributed by atoms with Gasteiger partial charge in [-0.05, 0) is 12.1 Å². The van der Waals surface area contributed by atoms with Crippen molar-refractivity contribution in [2.75, 3.05) is 29.9 Å². The molecule has 0 saturated heterocycles. The maximum absolute atomic E-state index is 11.3. The van der Waals surface area contributed by atoms with E-state index in [1.165, 1.54) is 0 Å². The van der Waals surface area contributed by atoms with E-state index in [9.17, 15) is 9.90 Å². The molecule has 0 aromatic heterocycles. The first-order valence-corrected chi connectivity index (χ1v) is 5.77. The highest BCUT2D eigenvalue weighted by molar-refractivity contribution is 6.02. The lowest BCUT2D eigenvalue weighted by Crippen LogP contribution is -2.26. The van der Waals surface area contributed by atoms with Crippen molar-refractivity contribution >= 4 is 17.3 Å². The molecular weight excluding hydrogens is 232 g/mol. The minimum Gasteiger partial charge on any atom is -0.395 e. The van der Waals surface area contributed by atoms with Crippen LogP contribution in [0.15, 0.2) is 30.9 Å². The fraction of sp³-hybridized carbons (Fsp3) is 0.308. The van der Waals surface area contributed by atoms with E-state index in [1.807, 2.05) is 11.0 Å². The van der Waals surface area contributed by atoms with Crippen molar-refractivity contribution in [3.05, 3.63) is 36.4 Å². The van der Waals surface area contributed by atoms with E-state index >= 15 is 0 Å². The van der Waals surface area contributed by atoms with Crippen LogP contribution < -0.4 is 10.2 Å². The zero-order valence-corrected chi connectivity index (χ0v) is 9.97. The van der Waals surface area contributed by atoms with Gasteiger partial charge in [0.2, 0.25) is 0 Å². The summed E-state index contributed by atoms with van der Waals surface area (Å²) in [5, 5.41) is 21.2. The number of hydrogen-bond donors (Lipinski definition) is 3. The summed E-state index contributed by atoms with van der Waals surface area (Å²) >= 11 is 0. The first-order valence-electron chi connectivity index (χ1n) is 5.77. The maximum Gasteiger partial charge on any atom is 0.257 e. The number of benzene rings is 1. The van der Waals surface area contributed by atoms with Gasteiger partial charge >= 0.3 is 0 Å². The smallest absolute Gasteiger partial charge is 0.257 e. The molecule has 3 N–H and O–H groups in total. The highest BCUT2D eigenvalue weighted by atomic mass is 16.3. The van der Waals surface area contributed by atoms with Crippen molar-refractivity contribution in [2.45, 2.75) is 6.10 Å². The van der Waals surface area contributed by atoms with Crippen LogP contribution in [0.1, 0.15) is 11.7 Å². The molecule has 0 aliphatic carbocycles. The minimum absolute atomic E-state index is 0.0416. The van der Waals surface area contributed by atoms with Gasteiger partial charge < -0.3 is 20.4 Å². The molecule has 1 aromatic carbocycles. The SMILES string of the molecule is C=CCN(CCO)c1ccc2c(c1)NC(=O)C2O. The van der Waals surface area contributed by atoms with Gasteiger partial charge in [0.25, 0.3) is 5.91 Å². The molecule has 1 aromatic rings. The highest BCUT2D eigenvalue weighted by Crippen LogP contribution is 2.33. The monoisotopic (exact) mass is 248 g/mol. The van der Waals surface area contributed by atoms with Gasteiger partial charge in [0.15, 0.2) is 6.10 Å². The Morgan fingerprint density at radius 3 is 2.94 bits per heavy atom. The Morgan fingerprint density at radius 1 is 1.50 bits per heavy atom. The first kappa shape index (κ1) is 12.6. The number of anilines is 2. The first-order chi connectivity index (χ1) is 8.67. The second kappa shape index (κ2) is 5.20. The molecule has 5 heteroatoms. The normalized spacial score (nSPS) is 17.2. The number of carbonyl (C=O) groups is 1. The van der Waals surface area contributed by atoms with Crippen molar-refractivity contribution in [3.8, 4) is 0 Å². The van der Waals surface area contributed by atoms with Crippen molar-refractivity contribution in [1.29, 1.82) is 0 Å². The number of nitrogens with one attached hydrogen (secondary N) is 1. The number of hydrogen-bond acceptors (Lipinski definition) is 4. The molecule has 1 aliphatic heterocycles. The molecule has 0 spiro atoms. The molecule has 1 amide bonds. The molecule has 1 aliphatic rings. The van der Waals surface area contributed by atoms with Gasteiger partial charge in [-0.3, -0.25) is 4.79 Å². The van der Waals surface area contributed by atoms with Crippen molar-refractivity contribution in [2.24, 2.45) is 0 Å². The van der Waals surface area contributed by atoms with E-state index in [4.69, 9.17) is 5.11 Å². The van der Waals surface area contributed by atoms with Gasteiger partial charge in [-0.1, -0.05) is 12.1 Å². The lowest BCUT2D eigenvalue weighted by molar-refractivity contribution is -0.123. The Labute approximate surface area is 105 Å². The average Bonchev–Trinajstić information content (AvgIpc) is 2.64. The molecule has 0 saturated carbocycles. The van der Waals surface area contributed by atoms with Gasteiger partial charge in [0.05, 0.1) is 6.61 Å². The Hall–Kier alpha value is -1.85. The topological polar surface area (TPSA) is 72.8 Å². The van der Waals surface area contributed by atoms with Crippen LogP contribution >= 0.6 is 0 Å². The molecule has 0 radical (unpaired) electrons. The van der Waals surface area contributed by atoms with E-state index in [0.717, 1.165) is 5.69 Å². The van der Waals surface area contributed by atoms with Gasteiger partial charge in [-0.2, -0.15) is 0 Å². The largest absolute Gasteiger partial charge is 0.395 e. The third-order valence-corrected chi connectivity index (χ3v) is 2.92. The number of aliphatic hydroxyl groups is 2. The van der Waals surface area contributed by atoms with Crippen LogP contribution in [0.4, 0.5) is 11.4 Å². The molecule has 96 valence electrons. The number of amides is 1. The molecule has 1 unspecified atom stereocenters. The third-order valence-electron chi connectivity index (χ3n) is 2.92. The summed E-state index contributed by atoms with van der Waals surface area (Å²) in [5.41, 5.74) is 2.08. The van der Waals surface area contributed by atoms with E-state index in [0.29, 0.717) is 24.3 Å². The Balaban J connectivity index is 2.28. The van der Waals surface area contributed by atoms with Gasteiger partial charge in [-0.15, -0.1) is 6.58 Å². The van der Waals surface area contributed by atoms with Crippen LogP contribution in [0.25, 0.3) is 0 Å². The van der Waals surface area contributed by atoms with E-state index in [2.05, 4.69) is 11.9 Å². The predicted octanol–water partition coefficient (Wildman–Crippen LogP) is 0.657. The predicted molar refractivity (Wildman–Crippen MR) is 69.5 cm³/mol. The van der Waals surface area contributed by atoms with E-state index < -0.39 is 12.0 Å². The maximum atomic E-state index is 11.3. The number of fused-ring (bicyclic) bond motifs is 1. The van der Waals surface area contributed by atoms with Crippen LogP contribution in [0.2, 0.25) is 0 Å². The molecule has 18 heavy (non-hydrogen) atoms. The standard InChI is InChI=1S/C13H16N2O3/c1-2-5-15(6-7-16)9-3-4-10-11(8-9)14-13(18)12(10)17/h2-4,8,12,16-17H,1,5-7H2,(H,14,18). The zero-order valence-electron chi connectivity index (χ0n) is 9.97. The molecule has 0 fully saturated rings. The van der Waals surface area contributed by atoms with Crippen molar-refractivity contribution in [1.82, 2.24) is 0 Å². The molecule has 2 rings (SSSR count). The number of aliphatic hydroxyl groups excluding tert-OH is 2. The fourth-order valence-corrected chi connectivity index (χ4v) is 2.03. The van der Waals surface area contributed by atoms with Crippen molar-refractivity contribution in [3.63, 3.8) is 0 Å². The molecule has 1 heterocycles. The Morgan fingerprint density at radius 2 is 2.28 bits per heavy atom. The number of nitrogens with zero attached hydrogens (tertiary/aromatic N) is 1. The van der Waals surface area contributed by atoms with Crippen LogP contribution in [-0.2, 0) is 4.79 Å². The Bertz CT molecular complexity index is 473. The molecular formula is C13H16N2O3. The van der Waals surface area contributed by atoms with Gasteiger partial charge in [0, 0.05) is 30.0 Å². The van der Waals surface area contributed by atoms with E-state index in [1.54, 1.807) is 18.2 Å². The summed E-state index contributed by atoms with van der Waals surface area (Å²) in [7, 11) is 0. The second-order valence-corrected chi connectivity index (χ2v) is 4.12. The minimum atomic E-state index is -1.08. The third kappa shape index (κ3) is 2.23. The van der Waals surface area contributed by atoms with Crippen molar-refractivity contribution < 1.29 is 15.0 Å². The van der Waals surface area contributed by atoms with Crippen LogP contribution in [0.5, 0.6) is 0 Å². The molecule has 5 nitrogen and oxygen atoms in total. The quantitative estimate of drug-likeness (QED) is 0.669. The second-order valence-electron chi connectivity index (χ2n) is 4.12. The number of carbonyl (C=O) groups excluding carboxylic acids is 1. The number of rotatable bonds is 5. The lowest BCUT2D eigenvalue weighted by Gasteiger charge is -2.22. The van der Waals surface area contributed by atoms with E-state index in [-0.39, 0.29) is 6.61 Å². The summed E-state index contributed by atoms with van der Waals surface area (Å²) in [6, 6.07) is 5.34. The van der Waals surface area contributed by atoms with Crippen LogP contribution in [0.3, 0.4) is 0 Å². The summed E-state index contributed by atoms with van der Waals surface area (Å²) in [4.78, 5) is 13.3. The van der Waals surface area contributed by atoms with Gasteiger partial charge in [0.1, 0.15) is 0 Å². The lowest BCUT2D eigenvalue weighted by atomic mass is 10.1. The average molecular weight is 248 g/mol.